The molecule has 0 unspecified atom stereocenters. The van der Waals surface area contributed by atoms with Crippen molar-refractivity contribution in [2.75, 3.05) is 0 Å². The molecule has 1 aromatic heterocycles. The van der Waals surface area contributed by atoms with E-state index in [4.69, 9.17) is 4.84 Å². The topological polar surface area (TPSA) is 41.8 Å². The predicted octanol–water partition coefficient (Wildman–Crippen LogP) is 3.07. The molecule has 0 saturated carbocycles. The monoisotopic (exact) mass is 273 g/mol. The molecule has 1 aliphatic carbocycles. The Hall–Kier alpha value is -1.39. The minimum Gasteiger partial charge on any atom is -0.388 e. The number of rotatable bonds is 1. The summed E-state index contributed by atoms with van der Waals surface area (Å²) in [6.45, 7) is 3.58. The molecule has 2 aliphatic rings. The fourth-order valence-electron chi connectivity index (χ4n) is 3.21. The molecule has 98 valence electrons. The highest BCUT2D eigenvalue weighted by Gasteiger charge is 2.46. The Morgan fingerprint density at radius 3 is 3.05 bits per heavy atom. The van der Waals surface area contributed by atoms with E-state index in [0.717, 1.165) is 12.1 Å². The Morgan fingerprint density at radius 1 is 1.42 bits per heavy atom. The van der Waals surface area contributed by atoms with Crippen LogP contribution in [0.5, 0.6) is 0 Å². The first kappa shape index (κ1) is 11.4. The highest BCUT2D eigenvalue weighted by atomic mass is 32.1. The van der Waals surface area contributed by atoms with Crippen LogP contribution in [0.15, 0.2) is 28.7 Å². The van der Waals surface area contributed by atoms with Crippen LogP contribution in [0.1, 0.15) is 30.9 Å². The molecule has 2 heterocycles. The summed E-state index contributed by atoms with van der Waals surface area (Å²) in [6, 6.07) is 6.38. The van der Waals surface area contributed by atoms with E-state index in [1.807, 2.05) is 0 Å². The van der Waals surface area contributed by atoms with Crippen molar-refractivity contribution in [2.45, 2.75) is 37.9 Å². The fourth-order valence-corrected chi connectivity index (χ4v) is 4.20. The smallest absolute Gasteiger partial charge is 0.167 e. The lowest BCUT2D eigenvalue weighted by Crippen LogP contribution is -2.42. The SMILES string of the molecule is CC(C)(O)[C@@H]1ON=C2Cc3csc4cccc(c34)[C@H]21. The number of hydrogen-bond donors (Lipinski definition) is 1. The van der Waals surface area contributed by atoms with E-state index in [1.54, 1.807) is 25.2 Å². The molecule has 0 saturated heterocycles. The molecule has 4 rings (SSSR count). The van der Waals surface area contributed by atoms with Gasteiger partial charge in [0.05, 0.1) is 17.2 Å². The molecule has 2 atom stereocenters. The van der Waals surface area contributed by atoms with E-state index in [9.17, 15) is 5.11 Å². The van der Waals surface area contributed by atoms with E-state index >= 15 is 0 Å². The van der Waals surface area contributed by atoms with Gasteiger partial charge >= 0.3 is 0 Å². The Morgan fingerprint density at radius 2 is 2.26 bits per heavy atom. The molecular weight excluding hydrogens is 258 g/mol. The quantitative estimate of drug-likeness (QED) is 0.867. The fraction of sp³-hybridized carbons (Fsp3) is 0.400. The summed E-state index contributed by atoms with van der Waals surface area (Å²) in [7, 11) is 0. The zero-order valence-electron chi connectivity index (χ0n) is 10.9. The number of thiophene rings is 1. The van der Waals surface area contributed by atoms with E-state index in [0.29, 0.717) is 0 Å². The minimum absolute atomic E-state index is 0.0887. The van der Waals surface area contributed by atoms with Crippen LogP contribution in [0.3, 0.4) is 0 Å². The molecule has 3 nitrogen and oxygen atoms in total. The van der Waals surface area contributed by atoms with Crippen LogP contribution >= 0.6 is 11.3 Å². The second-order valence-electron chi connectivity index (χ2n) is 5.90. The van der Waals surface area contributed by atoms with Crippen LogP contribution in [0.2, 0.25) is 0 Å². The van der Waals surface area contributed by atoms with Gasteiger partial charge in [0.15, 0.2) is 6.10 Å². The van der Waals surface area contributed by atoms with Gasteiger partial charge in [-0.2, -0.15) is 0 Å². The van der Waals surface area contributed by atoms with Gasteiger partial charge in [0.1, 0.15) is 0 Å². The van der Waals surface area contributed by atoms with Gasteiger partial charge in [0.25, 0.3) is 0 Å². The molecule has 1 N–H and O–H groups in total. The molecule has 19 heavy (non-hydrogen) atoms. The third kappa shape index (κ3) is 1.50. The summed E-state index contributed by atoms with van der Waals surface area (Å²) in [5.41, 5.74) is 2.74. The summed E-state index contributed by atoms with van der Waals surface area (Å²) in [5.74, 6) is 0.0887. The van der Waals surface area contributed by atoms with Crippen LogP contribution in [0.4, 0.5) is 0 Å². The molecule has 4 heteroatoms. The Kier molecular flexibility index (Phi) is 2.16. The minimum atomic E-state index is -0.897. The van der Waals surface area contributed by atoms with Crippen molar-refractivity contribution in [3.63, 3.8) is 0 Å². The molecular formula is C15H15NO2S. The summed E-state index contributed by atoms with van der Waals surface area (Å²) in [4.78, 5) is 5.54. The molecule has 0 spiro atoms. The van der Waals surface area contributed by atoms with Crippen molar-refractivity contribution in [3.8, 4) is 0 Å². The maximum absolute atomic E-state index is 10.3. The number of fused-ring (bicyclic) bond motifs is 2. The number of oxime groups is 1. The van der Waals surface area contributed by atoms with Gasteiger partial charge in [-0.1, -0.05) is 17.3 Å². The van der Waals surface area contributed by atoms with Gasteiger partial charge in [-0.05, 0) is 36.4 Å². The molecule has 2 aromatic rings. The van der Waals surface area contributed by atoms with Crippen LogP contribution in [0.25, 0.3) is 10.1 Å². The van der Waals surface area contributed by atoms with Crippen molar-refractivity contribution in [1.82, 2.24) is 0 Å². The first-order chi connectivity index (χ1) is 9.05. The lowest BCUT2D eigenvalue weighted by Gasteiger charge is -2.31. The average Bonchev–Trinajstić information content (AvgIpc) is 2.94. The second kappa shape index (κ2) is 3.58. The predicted molar refractivity (Wildman–Crippen MR) is 76.9 cm³/mol. The summed E-state index contributed by atoms with van der Waals surface area (Å²) < 4.78 is 1.31. The van der Waals surface area contributed by atoms with Crippen LogP contribution in [-0.2, 0) is 11.3 Å². The largest absolute Gasteiger partial charge is 0.388 e. The van der Waals surface area contributed by atoms with Crippen LogP contribution in [-0.4, -0.2) is 22.5 Å². The van der Waals surface area contributed by atoms with E-state index < -0.39 is 5.60 Å². The maximum Gasteiger partial charge on any atom is 0.167 e. The third-order valence-electron chi connectivity index (χ3n) is 4.06. The highest BCUT2D eigenvalue weighted by Crippen LogP contribution is 2.45. The number of benzene rings is 1. The normalized spacial score (nSPS) is 25.1. The maximum atomic E-state index is 10.3. The second-order valence-corrected chi connectivity index (χ2v) is 6.81. The molecule has 1 aromatic carbocycles. The first-order valence-corrected chi connectivity index (χ1v) is 7.37. The number of aliphatic hydroxyl groups is 1. The van der Waals surface area contributed by atoms with Crippen LogP contribution in [0, 0.1) is 0 Å². The molecule has 0 bridgehead atoms. The van der Waals surface area contributed by atoms with E-state index in [2.05, 4.69) is 28.7 Å². The molecule has 0 radical (unpaired) electrons. The van der Waals surface area contributed by atoms with Crippen molar-refractivity contribution in [2.24, 2.45) is 5.16 Å². The van der Waals surface area contributed by atoms with Gasteiger partial charge in [-0.25, -0.2) is 0 Å². The summed E-state index contributed by atoms with van der Waals surface area (Å²) in [6.07, 6.45) is 0.551. The van der Waals surface area contributed by atoms with Gasteiger partial charge in [0, 0.05) is 16.5 Å². The number of nitrogens with zero attached hydrogens (tertiary/aromatic N) is 1. The zero-order valence-corrected chi connectivity index (χ0v) is 11.7. The highest BCUT2D eigenvalue weighted by molar-refractivity contribution is 7.17. The Bertz CT molecular complexity index is 696. The van der Waals surface area contributed by atoms with Crippen LogP contribution < -0.4 is 0 Å². The molecule has 0 fully saturated rings. The van der Waals surface area contributed by atoms with Gasteiger partial charge in [0.2, 0.25) is 0 Å². The van der Waals surface area contributed by atoms with Crippen molar-refractivity contribution in [1.29, 1.82) is 0 Å². The molecule has 1 aliphatic heterocycles. The van der Waals surface area contributed by atoms with E-state index in [1.165, 1.54) is 21.2 Å². The van der Waals surface area contributed by atoms with Gasteiger partial charge in [-0.15, -0.1) is 11.3 Å². The Labute approximate surface area is 115 Å². The summed E-state index contributed by atoms with van der Waals surface area (Å²) >= 11 is 1.78. The lowest BCUT2D eigenvalue weighted by molar-refractivity contribution is -0.0782. The standard InChI is InChI=1S/C15H15NO2S/c1-15(2,17)14-13-9-4-3-5-11-12(9)8(7-19-11)6-10(13)16-18-14/h3-5,7,13-14,17H,6H2,1-2H3/t13-,14-/m1/s1. The van der Waals surface area contributed by atoms with Gasteiger partial charge in [-0.3, -0.25) is 0 Å². The first-order valence-electron chi connectivity index (χ1n) is 6.49. The van der Waals surface area contributed by atoms with Crippen molar-refractivity contribution in [3.05, 3.63) is 34.7 Å². The van der Waals surface area contributed by atoms with E-state index in [-0.39, 0.29) is 12.0 Å². The third-order valence-corrected chi connectivity index (χ3v) is 5.05. The number of hydrogen-bond acceptors (Lipinski definition) is 4. The Balaban J connectivity index is 1.95. The zero-order chi connectivity index (χ0) is 13.2. The lowest BCUT2D eigenvalue weighted by atomic mass is 9.76. The van der Waals surface area contributed by atoms with Crippen molar-refractivity contribution >= 4 is 27.1 Å². The van der Waals surface area contributed by atoms with Crippen molar-refractivity contribution < 1.29 is 9.94 Å². The summed E-state index contributed by atoms with van der Waals surface area (Å²) in [5, 5.41) is 18.1. The van der Waals surface area contributed by atoms with Gasteiger partial charge < -0.3 is 9.94 Å². The molecule has 0 amide bonds. The average molecular weight is 273 g/mol.